The largest absolute Gasteiger partial charge is 0.462 e. The van der Waals surface area contributed by atoms with Crippen LogP contribution in [0.3, 0.4) is 0 Å². The minimum atomic E-state index is -0.771. The molecule has 0 aliphatic carbocycles. The number of pyridine rings is 1. The van der Waals surface area contributed by atoms with Gasteiger partial charge in [-0.15, -0.1) is 0 Å². The third-order valence-electron chi connectivity index (χ3n) is 3.01. The lowest BCUT2D eigenvalue weighted by Crippen LogP contribution is -2.22. The number of aromatic nitrogens is 1. The molecule has 0 spiro atoms. The standard InChI is InChI=1S/C17H15ClN2O5/c1-2-24-16(22)11-6-3-4-8-13(11)20-14(21)10-25-17(23)12-7-5-9-19-15(12)18/h3-9H,2,10H2,1H3,(H,20,21). The molecule has 0 bridgehead atoms. The Hall–Kier alpha value is -2.93. The molecule has 0 aliphatic heterocycles. The van der Waals surface area contributed by atoms with Crippen LogP contribution in [0.1, 0.15) is 27.6 Å². The summed E-state index contributed by atoms with van der Waals surface area (Å²) in [4.78, 5) is 39.5. The van der Waals surface area contributed by atoms with Gasteiger partial charge in [0, 0.05) is 6.20 Å². The molecule has 1 N–H and O–H groups in total. The van der Waals surface area contributed by atoms with Gasteiger partial charge in [-0.05, 0) is 31.2 Å². The van der Waals surface area contributed by atoms with E-state index in [2.05, 4.69) is 10.3 Å². The molecule has 0 saturated carbocycles. The van der Waals surface area contributed by atoms with E-state index in [1.165, 1.54) is 24.4 Å². The highest BCUT2D eigenvalue weighted by molar-refractivity contribution is 6.32. The van der Waals surface area contributed by atoms with E-state index in [0.717, 1.165) is 0 Å². The van der Waals surface area contributed by atoms with Gasteiger partial charge >= 0.3 is 11.9 Å². The summed E-state index contributed by atoms with van der Waals surface area (Å²) in [6.07, 6.45) is 1.43. The molecule has 1 amide bonds. The summed E-state index contributed by atoms with van der Waals surface area (Å²) >= 11 is 5.79. The Kier molecular flexibility index (Phi) is 6.47. The lowest BCUT2D eigenvalue weighted by atomic mass is 10.2. The van der Waals surface area contributed by atoms with Crippen molar-refractivity contribution in [2.75, 3.05) is 18.5 Å². The maximum absolute atomic E-state index is 12.0. The van der Waals surface area contributed by atoms with Crippen molar-refractivity contribution < 1.29 is 23.9 Å². The van der Waals surface area contributed by atoms with Crippen LogP contribution in [-0.2, 0) is 14.3 Å². The normalized spacial score (nSPS) is 10.0. The highest BCUT2D eigenvalue weighted by Crippen LogP contribution is 2.16. The first-order valence-corrected chi connectivity index (χ1v) is 7.74. The van der Waals surface area contributed by atoms with E-state index in [4.69, 9.17) is 21.1 Å². The van der Waals surface area contributed by atoms with E-state index in [0.29, 0.717) is 0 Å². The lowest BCUT2D eigenvalue weighted by Gasteiger charge is -2.10. The molecule has 0 fully saturated rings. The highest BCUT2D eigenvalue weighted by Gasteiger charge is 2.16. The predicted molar refractivity (Wildman–Crippen MR) is 90.6 cm³/mol. The van der Waals surface area contributed by atoms with E-state index < -0.39 is 24.5 Å². The fourth-order valence-electron chi connectivity index (χ4n) is 1.91. The summed E-state index contributed by atoms with van der Waals surface area (Å²) in [5, 5.41) is 2.49. The number of hydrogen-bond donors (Lipinski definition) is 1. The average molecular weight is 363 g/mol. The number of esters is 2. The van der Waals surface area contributed by atoms with Crippen molar-refractivity contribution in [1.82, 2.24) is 4.98 Å². The Balaban J connectivity index is 1.98. The summed E-state index contributed by atoms with van der Waals surface area (Å²) in [5.41, 5.74) is 0.532. The third-order valence-corrected chi connectivity index (χ3v) is 3.31. The fourth-order valence-corrected chi connectivity index (χ4v) is 2.11. The zero-order valence-corrected chi connectivity index (χ0v) is 14.1. The Morgan fingerprint density at radius 1 is 1.04 bits per heavy atom. The molecule has 7 nitrogen and oxygen atoms in total. The van der Waals surface area contributed by atoms with E-state index in [1.807, 2.05) is 0 Å². The van der Waals surface area contributed by atoms with Crippen molar-refractivity contribution >= 4 is 35.1 Å². The van der Waals surface area contributed by atoms with Crippen LogP contribution in [0.15, 0.2) is 42.6 Å². The number of anilines is 1. The molecule has 0 aliphatic rings. The first-order chi connectivity index (χ1) is 12.0. The molecular formula is C17H15ClN2O5. The molecule has 1 aromatic heterocycles. The van der Waals surface area contributed by atoms with Gasteiger partial charge in [0.15, 0.2) is 6.61 Å². The average Bonchev–Trinajstić information content (AvgIpc) is 2.60. The molecule has 8 heteroatoms. The Bertz CT molecular complexity index is 794. The summed E-state index contributed by atoms with van der Waals surface area (Å²) in [6, 6.07) is 9.33. The number of ether oxygens (including phenoxy) is 2. The number of benzene rings is 1. The van der Waals surface area contributed by atoms with Crippen molar-refractivity contribution in [3.63, 3.8) is 0 Å². The topological polar surface area (TPSA) is 94.6 Å². The molecular weight excluding hydrogens is 348 g/mol. The lowest BCUT2D eigenvalue weighted by molar-refractivity contribution is -0.119. The Morgan fingerprint density at radius 3 is 2.44 bits per heavy atom. The van der Waals surface area contributed by atoms with Crippen LogP contribution in [0.4, 0.5) is 5.69 Å². The van der Waals surface area contributed by atoms with Crippen molar-refractivity contribution in [3.8, 4) is 0 Å². The molecule has 0 atom stereocenters. The zero-order chi connectivity index (χ0) is 18.2. The molecule has 2 aromatic rings. The number of nitrogens with one attached hydrogen (secondary N) is 1. The molecule has 0 saturated heterocycles. The summed E-state index contributed by atoms with van der Waals surface area (Å²) in [6.45, 7) is 1.36. The second kappa shape index (κ2) is 8.79. The maximum atomic E-state index is 12.0. The Labute approximate surface area is 148 Å². The second-order valence-electron chi connectivity index (χ2n) is 4.73. The number of carbonyl (C=O) groups is 3. The molecule has 2 rings (SSSR count). The monoisotopic (exact) mass is 362 g/mol. The predicted octanol–water partition coefficient (Wildman–Crippen LogP) is 2.71. The third kappa shape index (κ3) is 5.02. The van der Waals surface area contributed by atoms with Crippen LogP contribution >= 0.6 is 11.6 Å². The fraction of sp³-hybridized carbons (Fsp3) is 0.176. The van der Waals surface area contributed by atoms with E-state index >= 15 is 0 Å². The number of carbonyl (C=O) groups excluding carboxylic acids is 3. The number of amides is 1. The van der Waals surface area contributed by atoms with Gasteiger partial charge in [0.25, 0.3) is 5.91 Å². The quantitative estimate of drug-likeness (QED) is 0.627. The van der Waals surface area contributed by atoms with Crippen LogP contribution in [-0.4, -0.2) is 36.0 Å². The van der Waals surface area contributed by atoms with Crippen LogP contribution in [0.5, 0.6) is 0 Å². The summed E-state index contributed by atoms with van der Waals surface area (Å²) in [7, 11) is 0. The number of nitrogens with zero attached hydrogens (tertiary/aromatic N) is 1. The van der Waals surface area contributed by atoms with Gasteiger partial charge in [0.1, 0.15) is 5.15 Å². The molecule has 0 radical (unpaired) electrons. The SMILES string of the molecule is CCOC(=O)c1ccccc1NC(=O)COC(=O)c1cccnc1Cl. The number of para-hydroxylation sites is 1. The minimum absolute atomic E-state index is 0.0134. The second-order valence-corrected chi connectivity index (χ2v) is 5.09. The van der Waals surface area contributed by atoms with E-state index in [1.54, 1.807) is 25.1 Å². The van der Waals surface area contributed by atoms with Gasteiger partial charge in [0.05, 0.1) is 23.4 Å². The van der Waals surface area contributed by atoms with E-state index in [-0.39, 0.29) is 28.6 Å². The smallest absolute Gasteiger partial charge is 0.341 e. The van der Waals surface area contributed by atoms with Gasteiger partial charge in [-0.3, -0.25) is 4.79 Å². The van der Waals surface area contributed by atoms with Crippen molar-refractivity contribution in [2.24, 2.45) is 0 Å². The maximum Gasteiger partial charge on any atom is 0.341 e. The number of rotatable bonds is 6. The van der Waals surface area contributed by atoms with Crippen molar-refractivity contribution in [3.05, 3.63) is 58.9 Å². The van der Waals surface area contributed by atoms with Gasteiger partial charge in [-0.25, -0.2) is 14.6 Å². The summed E-state index contributed by atoms with van der Waals surface area (Å²) < 4.78 is 9.82. The van der Waals surface area contributed by atoms with Gasteiger partial charge in [-0.1, -0.05) is 23.7 Å². The van der Waals surface area contributed by atoms with Crippen molar-refractivity contribution in [2.45, 2.75) is 6.92 Å². The van der Waals surface area contributed by atoms with Crippen LogP contribution in [0, 0.1) is 0 Å². The van der Waals surface area contributed by atoms with Gasteiger partial charge in [0.2, 0.25) is 0 Å². The van der Waals surface area contributed by atoms with Crippen LogP contribution in [0.2, 0.25) is 5.15 Å². The van der Waals surface area contributed by atoms with E-state index in [9.17, 15) is 14.4 Å². The van der Waals surface area contributed by atoms with Crippen LogP contribution < -0.4 is 5.32 Å². The van der Waals surface area contributed by atoms with Crippen molar-refractivity contribution in [1.29, 1.82) is 0 Å². The first-order valence-electron chi connectivity index (χ1n) is 7.36. The van der Waals surface area contributed by atoms with Gasteiger partial charge < -0.3 is 14.8 Å². The summed E-state index contributed by atoms with van der Waals surface area (Å²) in [5.74, 6) is -1.94. The zero-order valence-electron chi connectivity index (χ0n) is 13.3. The minimum Gasteiger partial charge on any atom is -0.462 e. The Morgan fingerprint density at radius 2 is 1.72 bits per heavy atom. The number of halogens is 1. The first kappa shape index (κ1) is 18.4. The molecule has 1 heterocycles. The molecule has 130 valence electrons. The van der Waals surface area contributed by atoms with Gasteiger partial charge in [-0.2, -0.15) is 0 Å². The molecule has 25 heavy (non-hydrogen) atoms. The molecule has 0 unspecified atom stereocenters. The number of hydrogen-bond acceptors (Lipinski definition) is 6. The molecule has 1 aromatic carbocycles. The van der Waals surface area contributed by atoms with Crippen LogP contribution in [0.25, 0.3) is 0 Å². The highest BCUT2D eigenvalue weighted by atomic mass is 35.5.